The van der Waals surface area contributed by atoms with Gasteiger partial charge in [0.2, 0.25) is 0 Å². The third-order valence-corrected chi connectivity index (χ3v) is 4.21. The highest BCUT2D eigenvalue weighted by Gasteiger charge is 2.43. The molecule has 0 spiro atoms. The maximum absolute atomic E-state index is 10.8. The minimum Gasteiger partial charge on any atom is -0.389 e. The van der Waals surface area contributed by atoms with Crippen molar-refractivity contribution in [2.75, 3.05) is 0 Å². The van der Waals surface area contributed by atoms with Crippen molar-refractivity contribution in [1.29, 1.82) is 0 Å². The fraction of sp³-hybridized carbons (Fsp3) is 0.846. The summed E-state index contributed by atoms with van der Waals surface area (Å²) in [5.74, 6) is 0.931. The van der Waals surface area contributed by atoms with Gasteiger partial charge >= 0.3 is 0 Å². The molecule has 0 aromatic carbocycles. The summed E-state index contributed by atoms with van der Waals surface area (Å²) in [6.07, 6.45) is 7.39. The summed E-state index contributed by atoms with van der Waals surface area (Å²) in [7, 11) is 0. The molecule has 2 unspecified atom stereocenters. The van der Waals surface area contributed by atoms with Crippen LogP contribution in [-0.2, 0) is 13.0 Å². The molecule has 2 saturated heterocycles. The van der Waals surface area contributed by atoms with E-state index in [2.05, 4.69) is 22.3 Å². The summed E-state index contributed by atoms with van der Waals surface area (Å²) in [6, 6.07) is 0.993. The van der Waals surface area contributed by atoms with E-state index >= 15 is 0 Å². The number of piperidine rings is 1. The fourth-order valence-electron chi connectivity index (χ4n) is 3.49. The van der Waals surface area contributed by atoms with Gasteiger partial charge in [0.05, 0.1) is 5.60 Å². The van der Waals surface area contributed by atoms with E-state index in [1.807, 2.05) is 4.68 Å². The molecule has 1 aromatic heterocycles. The molecular formula is C13H22N4O. The molecule has 2 aliphatic rings. The number of rotatable bonds is 4. The van der Waals surface area contributed by atoms with E-state index in [1.165, 1.54) is 12.8 Å². The molecule has 0 aliphatic carbocycles. The van der Waals surface area contributed by atoms with Crippen LogP contribution in [0, 0.1) is 0 Å². The number of nitrogens with zero attached hydrogens (tertiary/aromatic N) is 3. The zero-order chi connectivity index (χ0) is 12.6. The Morgan fingerprint density at radius 2 is 2.17 bits per heavy atom. The molecule has 1 aromatic rings. The lowest BCUT2D eigenvalue weighted by Gasteiger charge is -2.36. The number of hydrogen-bond donors (Lipinski definition) is 2. The Balaban J connectivity index is 1.73. The van der Waals surface area contributed by atoms with Gasteiger partial charge in [-0.1, -0.05) is 6.92 Å². The van der Waals surface area contributed by atoms with Crippen LogP contribution in [0.5, 0.6) is 0 Å². The van der Waals surface area contributed by atoms with Crippen LogP contribution in [-0.4, -0.2) is 37.6 Å². The molecule has 5 nitrogen and oxygen atoms in total. The number of nitrogens with one attached hydrogen (secondary N) is 1. The van der Waals surface area contributed by atoms with Crippen molar-refractivity contribution in [3.05, 3.63) is 12.2 Å². The first-order valence-corrected chi connectivity index (χ1v) is 7.04. The largest absolute Gasteiger partial charge is 0.389 e. The molecule has 100 valence electrons. The van der Waals surface area contributed by atoms with Gasteiger partial charge in [-0.05, 0) is 32.1 Å². The summed E-state index contributed by atoms with van der Waals surface area (Å²) in [5, 5.41) is 18.6. The van der Waals surface area contributed by atoms with Crippen molar-refractivity contribution >= 4 is 0 Å². The Hall–Kier alpha value is -0.940. The molecule has 2 fully saturated rings. The van der Waals surface area contributed by atoms with Crippen LogP contribution in [0.4, 0.5) is 0 Å². The van der Waals surface area contributed by atoms with Crippen LogP contribution in [0.25, 0.3) is 0 Å². The first-order chi connectivity index (χ1) is 8.68. The molecular weight excluding hydrogens is 228 g/mol. The molecule has 0 saturated carbocycles. The van der Waals surface area contributed by atoms with Crippen LogP contribution in [0.1, 0.15) is 44.9 Å². The van der Waals surface area contributed by atoms with Crippen molar-refractivity contribution < 1.29 is 5.11 Å². The van der Waals surface area contributed by atoms with Crippen LogP contribution in [0.15, 0.2) is 6.33 Å². The summed E-state index contributed by atoms with van der Waals surface area (Å²) in [4.78, 5) is 4.32. The Labute approximate surface area is 108 Å². The van der Waals surface area contributed by atoms with Crippen LogP contribution < -0.4 is 5.32 Å². The van der Waals surface area contributed by atoms with E-state index in [4.69, 9.17) is 0 Å². The normalized spacial score (nSPS) is 35.0. The third kappa shape index (κ3) is 2.29. The SMILES string of the molecule is CCCn1ncnc1CC1(O)CC2CCC(C1)N2. The van der Waals surface area contributed by atoms with Gasteiger partial charge < -0.3 is 10.4 Å². The highest BCUT2D eigenvalue weighted by atomic mass is 16.3. The summed E-state index contributed by atoms with van der Waals surface area (Å²) >= 11 is 0. The Morgan fingerprint density at radius 3 is 2.83 bits per heavy atom. The van der Waals surface area contributed by atoms with Crippen molar-refractivity contribution in [2.24, 2.45) is 0 Å². The lowest BCUT2D eigenvalue weighted by atomic mass is 9.84. The number of aliphatic hydroxyl groups is 1. The number of fused-ring (bicyclic) bond motifs is 2. The van der Waals surface area contributed by atoms with Gasteiger partial charge in [-0.2, -0.15) is 5.10 Å². The van der Waals surface area contributed by atoms with Crippen LogP contribution >= 0.6 is 0 Å². The van der Waals surface area contributed by atoms with Gasteiger partial charge in [0.25, 0.3) is 0 Å². The second-order valence-electron chi connectivity index (χ2n) is 5.85. The second kappa shape index (κ2) is 4.63. The molecule has 2 N–H and O–H groups in total. The molecule has 3 heterocycles. The molecule has 2 aliphatic heterocycles. The second-order valence-corrected chi connectivity index (χ2v) is 5.85. The van der Waals surface area contributed by atoms with Gasteiger partial charge in [-0.3, -0.25) is 4.68 Å². The van der Waals surface area contributed by atoms with Crippen LogP contribution in [0.2, 0.25) is 0 Å². The van der Waals surface area contributed by atoms with Crippen molar-refractivity contribution in [2.45, 2.75) is 69.7 Å². The first kappa shape index (κ1) is 12.1. The van der Waals surface area contributed by atoms with Crippen molar-refractivity contribution in [3.8, 4) is 0 Å². The molecule has 3 rings (SSSR count). The van der Waals surface area contributed by atoms with E-state index < -0.39 is 5.60 Å². The summed E-state index contributed by atoms with van der Waals surface area (Å²) < 4.78 is 1.93. The van der Waals surface area contributed by atoms with E-state index in [9.17, 15) is 5.11 Å². The summed E-state index contributed by atoms with van der Waals surface area (Å²) in [5.41, 5.74) is -0.588. The monoisotopic (exact) mass is 250 g/mol. The van der Waals surface area contributed by atoms with Gasteiger partial charge in [-0.15, -0.1) is 0 Å². The topological polar surface area (TPSA) is 63.0 Å². The van der Waals surface area contributed by atoms with Gasteiger partial charge in [0.15, 0.2) is 0 Å². The minimum absolute atomic E-state index is 0.497. The molecule has 18 heavy (non-hydrogen) atoms. The number of hydrogen-bond acceptors (Lipinski definition) is 4. The lowest BCUT2D eigenvalue weighted by Crippen LogP contribution is -2.49. The predicted octanol–water partition coefficient (Wildman–Crippen LogP) is 0.876. The molecule has 2 bridgehead atoms. The molecule has 5 heteroatoms. The Kier molecular flexibility index (Phi) is 3.11. The summed E-state index contributed by atoms with van der Waals surface area (Å²) in [6.45, 7) is 3.02. The average molecular weight is 250 g/mol. The number of aromatic nitrogens is 3. The maximum Gasteiger partial charge on any atom is 0.138 e. The maximum atomic E-state index is 10.8. The van der Waals surface area contributed by atoms with E-state index in [-0.39, 0.29) is 0 Å². The fourth-order valence-corrected chi connectivity index (χ4v) is 3.49. The van der Waals surface area contributed by atoms with E-state index in [0.29, 0.717) is 18.5 Å². The first-order valence-electron chi connectivity index (χ1n) is 7.04. The van der Waals surface area contributed by atoms with Gasteiger partial charge in [0, 0.05) is 25.0 Å². The average Bonchev–Trinajstić information content (AvgIpc) is 2.87. The zero-order valence-corrected chi connectivity index (χ0v) is 11.0. The quantitative estimate of drug-likeness (QED) is 0.832. The van der Waals surface area contributed by atoms with Gasteiger partial charge in [0.1, 0.15) is 12.2 Å². The molecule has 0 radical (unpaired) electrons. The Bertz CT molecular complexity index is 405. The highest BCUT2D eigenvalue weighted by Crippen LogP contribution is 2.35. The highest BCUT2D eigenvalue weighted by molar-refractivity contribution is 5.04. The zero-order valence-electron chi connectivity index (χ0n) is 11.0. The van der Waals surface area contributed by atoms with Crippen molar-refractivity contribution in [1.82, 2.24) is 20.1 Å². The third-order valence-electron chi connectivity index (χ3n) is 4.21. The molecule has 0 amide bonds. The van der Waals surface area contributed by atoms with Gasteiger partial charge in [-0.25, -0.2) is 4.98 Å². The number of aryl methyl sites for hydroxylation is 1. The lowest BCUT2D eigenvalue weighted by molar-refractivity contribution is -0.00854. The molecule has 2 atom stereocenters. The minimum atomic E-state index is -0.588. The smallest absolute Gasteiger partial charge is 0.138 e. The predicted molar refractivity (Wildman–Crippen MR) is 68.1 cm³/mol. The van der Waals surface area contributed by atoms with Crippen LogP contribution in [0.3, 0.4) is 0 Å². The van der Waals surface area contributed by atoms with Crippen molar-refractivity contribution in [3.63, 3.8) is 0 Å². The van der Waals surface area contributed by atoms with E-state index in [0.717, 1.165) is 31.6 Å². The standard InChI is InChI=1S/C13H22N4O/c1-2-5-17-12(14-9-15-17)8-13(18)6-10-3-4-11(7-13)16-10/h9-11,16,18H,2-8H2,1H3. The Morgan fingerprint density at radius 1 is 1.44 bits per heavy atom. The van der Waals surface area contributed by atoms with E-state index in [1.54, 1.807) is 6.33 Å².